The summed E-state index contributed by atoms with van der Waals surface area (Å²) in [6, 6.07) is 6.09. The lowest BCUT2D eigenvalue weighted by atomic mass is 9.97. The van der Waals surface area contributed by atoms with Crippen molar-refractivity contribution in [3.8, 4) is 40.1 Å². The van der Waals surface area contributed by atoms with Crippen LogP contribution in [-0.2, 0) is 14.2 Å². The van der Waals surface area contributed by atoms with Crippen molar-refractivity contribution in [1.29, 1.82) is 0 Å². The van der Waals surface area contributed by atoms with Crippen LogP contribution in [0.25, 0.3) is 22.3 Å². The fourth-order valence-corrected chi connectivity index (χ4v) is 5.10. The Morgan fingerprint density at radius 2 is 1.50 bits per heavy atom. The molecule has 3 aromatic rings. The van der Waals surface area contributed by atoms with Gasteiger partial charge < -0.3 is 74.1 Å². The molecule has 2 saturated heterocycles. The first-order chi connectivity index (χ1) is 20.9. The minimum atomic E-state index is -1.89. The number of aromatic hydroxyl groups is 3. The summed E-state index contributed by atoms with van der Waals surface area (Å²) < 4.78 is 33.8. The van der Waals surface area contributed by atoms with E-state index in [0.717, 1.165) is 6.07 Å². The zero-order valence-electron chi connectivity index (χ0n) is 23.3. The molecule has 3 heterocycles. The summed E-state index contributed by atoms with van der Waals surface area (Å²) in [4.78, 5) is 13.9. The van der Waals surface area contributed by atoms with Crippen molar-refractivity contribution in [2.24, 2.45) is 0 Å². The van der Waals surface area contributed by atoms with E-state index in [0.29, 0.717) is 0 Å². The summed E-state index contributed by atoms with van der Waals surface area (Å²) in [7, 11) is 1.19. The standard InChI is InChI=1S/C28H32O16/c1-9-16(33)19(36)21(38)27(40-9)44-26-20(37)17(34)14(8-29)41-28(26)43-25-18(35)15-12(31)7-13(32)23(39-2)24(15)42-22(25)10-3-5-11(30)6-4-10/h3-7,9,14,16-17,19-21,26-34,36-38H,8H2,1-2H3/t9-,14+,16-,17+,19+,20-,21+,26+,27-,28-/m0/s1. The van der Waals surface area contributed by atoms with Gasteiger partial charge in [0.15, 0.2) is 29.5 Å². The summed E-state index contributed by atoms with van der Waals surface area (Å²) >= 11 is 0. The Kier molecular flexibility index (Phi) is 8.90. The number of ether oxygens (including phenoxy) is 5. The number of fused-ring (bicyclic) bond motifs is 1. The normalized spacial score (nSPS) is 32.5. The van der Waals surface area contributed by atoms with Crippen molar-refractivity contribution < 1.29 is 74.1 Å². The van der Waals surface area contributed by atoms with Crippen LogP contribution in [0.3, 0.4) is 0 Å². The van der Waals surface area contributed by atoms with E-state index in [9.17, 15) is 50.8 Å². The number of hydrogen-bond acceptors (Lipinski definition) is 16. The number of rotatable bonds is 7. The summed E-state index contributed by atoms with van der Waals surface area (Å²) in [5.41, 5.74) is -1.24. The predicted octanol–water partition coefficient (Wildman–Crippen LogP) is -1.38. The smallest absolute Gasteiger partial charge is 0.239 e. The molecule has 16 nitrogen and oxygen atoms in total. The Bertz CT molecular complexity index is 1540. The Morgan fingerprint density at radius 3 is 2.14 bits per heavy atom. The monoisotopic (exact) mass is 624 g/mol. The van der Waals surface area contributed by atoms with Crippen LogP contribution in [0.15, 0.2) is 39.5 Å². The van der Waals surface area contributed by atoms with Crippen LogP contribution in [0.4, 0.5) is 0 Å². The fraction of sp³-hybridized carbons (Fsp3) is 0.464. The molecule has 10 atom stereocenters. The molecule has 0 saturated carbocycles. The molecule has 2 aliphatic heterocycles. The van der Waals surface area contributed by atoms with Crippen molar-refractivity contribution in [3.05, 3.63) is 40.6 Å². The fourth-order valence-electron chi connectivity index (χ4n) is 5.10. The molecule has 0 bridgehead atoms. The number of phenols is 3. The van der Waals surface area contributed by atoms with Gasteiger partial charge in [-0.3, -0.25) is 4.79 Å². The average Bonchev–Trinajstić information content (AvgIpc) is 2.99. The Hall–Kier alpha value is -3.71. The number of benzene rings is 2. The van der Waals surface area contributed by atoms with Gasteiger partial charge in [-0.15, -0.1) is 0 Å². The van der Waals surface area contributed by atoms with Gasteiger partial charge in [0.2, 0.25) is 23.2 Å². The highest BCUT2D eigenvalue weighted by Gasteiger charge is 2.51. The highest BCUT2D eigenvalue weighted by atomic mass is 16.8. The molecule has 2 fully saturated rings. The highest BCUT2D eigenvalue weighted by Crippen LogP contribution is 2.43. The molecule has 2 aliphatic rings. The lowest BCUT2D eigenvalue weighted by Crippen LogP contribution is -2.64. The summed E-state index contributed by atoms with van der Waals surface area (Å²) in [5, 5.41) is 92.3. The Labute approximate surface area is 248 Å². The molecule has 44 heavy (non-hydrogen) atoms. The molecule has 2 aromatic carbocycles. The molecular formula is C28H32O16. The lowest BCUT2D eigenvalue weighted by Gasteiger charge is -2.45. The maximum Gasteiger partial charge on any atom is 0.239 e. The molecule has 9 N–H and O–H groups in total. The van der Waals surface area contributed by atoms with E-state index in [1.165, 1.54) is 38.3 Å². The minimum Gasteiger partial charge on any atom is -0.508 e. The van der Waals surface area contributed by atoms with E-state index in [-0.39, 0.29) is 28.4 Å². The van der Waals surface area contributed by atoms with Crippen LogP contribution < -0.4 is 14.9 Å². The van der Waals surface area contributed by atoms with E-state index >= 15 is 0 Å². The third-order valence-electron chi connectivity index (χ3n) is 7.53. The zero-order chi connectivity index (χ0) is 32.0. The molecule has 0 spiro atoms. The maximum absolute atomic E-state index is 13.9. The third kappa shape index (κ3) is 5.51. The van der Waals surface area contributed by atoms with E-state index in [2.05, 4.69) is 0 Å². The SMILES string of the molecule is COc1c(O)cc(O)c2c(=O)c(O[C@@H]3O[C@H](CO)[C@@H](O)[C@H](O)[C@H]3O[C@@H]3O[C@@H](C)[C@H](O)[C@@H](O)[C@H]3O)c(-c3ccc(O)cc3)oc12. The number of hydrogen-bond donors (Lipinski definition) is 9. The number of methoxy groups -OCH3 is 1. The molecule has 5 rings (SSSR count). The van der Waals surface area contributed by atoms with E-state index in [4.69, 9.17) is 28.1 Å². The van der Waals surface area contributed by atoms with E-state index < -0.39 is 96.1 Å². The van der Waals surface area contributed by atoms with Crippen LogP contribution in [-0.4, -0.2) is 121 Å². The maximum atomic E-state index is 13.9. The largest absolute Gasteiger partial charge is 0.508 e. The number of phenolic OH excluding ortho intramolecular Hbond substituents is 3. The molecule has 0 amide bonds. The van der Waals surface area contributed by atoms with Gasteiger partial charge in [-0.25, -0.2) is 0 Å². The first-order valence-electron chi connectivity index (χ1n) is 13.4. The zero-order valence-corrected chi connectivity index (χ0v) is 23.3. The third-order valence-corrected chi connectivity index (χ3v) is 7.53. The first-order valence-corrected chi connectivity index (χ1v) is 13.4. The van der Waals surface area contributed by atoms with Crippen molar-refractivity contribution in [2.75, 3.05) is 13.7 Å². The number of aliphatic hydroxyl groups is 6. The summed E-state index contributed by atoms with van der Waals surface area (Å²) in [5.74, 6) is -2.66. The molecule has 0 aliphatic carbocycles. The van der Waals surface area contributed by atoms with Gasteiger partial charge in [-0.1, -0.05) is 0 Å². The van der Waals surface area contributed by atoms with E-state index in [1.54, 1.807) is 0 Å². The van der Waals surface area contributed by atoms with Crippen molar-refractivity contribution in [3.63, 3.8) is 0 Å². The number of aliphatic hydroxyl groups excluding tert-OH is 6. The average molecular weight is 625 g/mol. The molecule has 1 aromatic heterocycles. The summed E-state index contributed by atoms with van der Waals surface area (Å²) in [6.45, 7) is 0.570. The van der Waals surface area contributed by atoms with Gasteiger partial charge in [0, 0.05) is 11.6 Å². The second-order valence-electron chi connectivity index (χ2n) is 10.4. The second kappa shape index (κ2) is 12.4. The van der Waals surface area contributed by atoms with Crippen LogP contribution in [0.1, 0.15) is 6.92 Å². The van der Waals surface area contributed by atoms with Gasteiger partial charge in [0.05, 0.1) is 19.8 Å². The van der Waals surface area contributed by atoms with Gasteiger partial charge in [-0.05, 0) is 31.2 Å². The quantitative estimate of drug-likeness (QED) is 0.147. The molecule has 16 heteroatoms. The Morgan fingerprint density at radius 1 is 0.818 bits per heavy atom. The molecule has 240 valence electrons. The van der Waals surface area contributed by atoms with Gasteiger partial charge >= 0.3 is 0 Å². The van der Waals surface area contributed by atoms with Crippen molar-refractivity contribution in [1.82, 2.24) is 0 Å². The van der Waals surface area contributed by atoms with Gasteiger partial charge in [0.1, 0.15) is 53.5 Å². The molecular weight excluding hydrogens is 592 g/mol. The summed E-state index contributed by atoms with van der Waals surface area (Å²) in [6.07, 6.45) is -16.5. The van der Waals surface area contributed by atoms with Crippen LogP contribution in [0.2, 0.25) is 0 Å². The van der Waals surface area contributed by atoms with Crippen LogP contribution in [0.5, 0.6) is 28.7 Å². The van der Waals surface area contributed by atoms with Crippen LogP contribution >= 0.6 is 0 Å². The Balaban J connectivity index is 1.64. The highest BCUT2D eigenvalue weighted by molar-refractivity contribution is 5.93. The van der Waals surface area contributed by atoms with Gasteiger partial charge in [-0.2, -0.15) is 0 Å². The minimum absolute atomic E-state index is 0.133. The second-order valence-corrected chi connectivity index (χ2v) is 10.4. The molecule has 0 unspecified atom stereocenters. The molecule has 0 radical (unpaired) electrons. The van der Waals surface area contributed by atoms with Crippen molar-refractivity contribution in [2.45, 2.75) is 68.3 Å². The topological polar surface area (TPSA) is 258 Å². The lowest BCUT2D eigenvalue weighted by molar-refractivity contribution is -0.354. The van der Waals surface area contributed by atoms with Gasteiger partial charge in [0.25, 0.3) is 0 Å². The van der Waals surface area contributed by atoms with E-state index in [1.807, 2.05) is 0 Å². The first kappa shape index (κ1) is 31.7. The van der Waals surface area contributed by atoms with Crippen molar-refractivity contribution >= 4 is 11.0 Å². The predicted molar refractivity (Wildman–Crippen MR) is 145 cm³/mol. The van der Waals surface area contributed by atoms with Crippen LogP contribution in [0, 0.1) is 0 Å².